The molecule has 130 valence electrons. The van der Waals surface area contributed by atoms with Gasteiger partial charge in [-0.25, -0.2) is 9.78 Å². The van der Waals surface area contributed by atoms with E-state index in [0.29, 0.717) is 23.4 Å². The van der Waals surface area contributed by atoms with Crippen LogP contribution < -0.4 is 4.74 Å². The van der Waals surface area contributed by atoms with E-state index < -0.39 is 17.7 Å². The molecule has 1 aliphatic rings. The number of aromatic nitrogens is 1. The van der Waals surface area contributed by atoms with E-state index in [1.165, 1.54) is 0 Å². The van der Waals surface area contributed by atoms with Gasteiger partial charge in [-0.05, 0) is 49.8 Å². The smallest absolute Gasteiger partial charge is 0.375 e. The van der Waals surface area contributed by atoms with E-state index in [-0.39, 0.29) is 18.8 Å². The van der Waals surface area contributed by atoms with Crippen LogP contribution in [0.1, 0.15) is 35.3 Å². The average Bonchev–Trinajstić information content (AvgIpc) is 2.94. The number of ether oxygens (including phenoxy) is 2. The zero-order valence-electron chi connectivity index (χ0n) is 14.4. The summed E-state index contributed by atoms with van der Waals surface area (Å²) in [7, 11) is 0. The highest BCUT2D eigenvalue weighted by molar-refractivity contribution is 6.41. The Labute approximate surface area is 145 Å². The standard InChI is InChI=1S/C19H19NO5/c1-4-24-15-8-13-11(9-20-15)6-10(3)12-7-14(17(21)16(12)13)18(22)19(23)25-5-2/h6,8-9,14H,4-5,7H2,1-3H3. The van der Waals surface area contributed by atoms with Crippen LogP contribution in [0, 0.1) is 12.8 Å². The second-order valence-electron chi connectivity index (χ2n) is 5.93. The largest absolute Gasteiger partial charge is 0.478 e. The van der Waals surface area contributed by atoms with Gasteiger partial charge in [0, 0.05) is 23.2 Å². The van der Waals surface area contributed by atoms with Crippen LogP contribution in [0.15, 0.2) is 18.3 Å². The molecule has 0 saturated heterocycles. The van der Waals surface area contributed by atoms with Crippen molar-refractivity contribution in [3.63, 3.8) is 0 Å². The fourth-order valence-corrected chi connectivity index (χ4v) is 3.26. The van der Waals surface area contributed by atoms with Gasteiger partial charge in [-0.3, -0.25) is 9.59 Å². The number of fused-ring (bicyclic) bond motifs is 3. The molecule has 1 unspecified atom stereocenters. The van der Waals surface area contributed by atoms with Gasteiger partial charge in [-0.15, -0.1) is 0 Å². The van der Waals surface area contributed by atoms with Crippen molar-refractivity contribution in [2.45, 2.75) is 27.2 Å². The van der Waals surface area contributed by atoms with Crippen LogP contribution in [0.4, 0.5) is 0 Å². The zero-order valence-corrected chi connectivity index (χ0v) is 14.4. The highest BCUT2D eigenvalue weighted by atomic mass is 16.5. The van der Waals surface area contributed by atoms with Crippen molar-refractivity contribution in [3.8, 4) is 5.88 Å². The van der Waals surface area contributed by atoms with Gasteiger partial charge in [0.1, 0.15) is 0 Å². The van der Waals surface area contributed by atoms with Gasteiger partial charge in [-0.2, -0.15) is 0 Å². The van der Waals surface area contributed by atoms with Crippen LogP contribution in [-0.2, 0) is 20.7 Å². The Kier molecular flexibility index (Phi) is 4.53. The maximum Gasteiger partial charge on any atom is 0.375 e. The zero-order chi connectivity index (χ0) is 18.1. The summed E-state index contributed by atoms with van der Waals surface area (Å²) in [6.07, 6.45) is 1.88. The van der Waals surface area contributed by atoms with Crippen LogP contribution in [-0.4, -0.2) is 35.7 Å². The monoisotopic (exact) mass is 341 g/mol. The van der Waals surface area contributed by atoms with Crippen LogP contribution in [0.2, 0.25) is 0 Å². The van der Waals surface area contributed by atoms with Crippen molar-refractivity contribution in [1.29, 1.82) is 0 Å². The minimum absolute atomic E-state index is 0.101. The van der Waals surface area contributed by atoms with E-state index in [1.807, 2.05) is 19.9 Å². The summed E-state index contributed by atoms with van der Waals surface area (Å²) in [5.41, 5.74) is 2.19. The Balaban J connectivity index is 2.08. The number of Topliss-reactive ketones (excluding diaryl/α,β-unsaturated/α-hetero) is 2. The van der Waals surface area contributed by atoms with E-state index in [1.54, 1.807) is 19.2 Å². The number of carbonyl (C=O) groups excluding carboxylic acids is 3. The number of ketones is 2. The van der Waals surface area contributed by atoms with E-state index >= 15 is 0 Å². The molecule has 1 atom stereocenters. The summed E-state index contributed by atoms with van der Waals surface area (Å²) in [5, 5.41) is 1.50. The van der Waals surface area contributed by atoms with Gasteiger partial charge in [0.25, 0.3) is 5.78 Å². The first kappa shape index (κ1) is 17.1. The molecule has 6 nitrogen and oxygen atoms in total. The fraction of sp³-hybridized carbons (Fsp3) is 0.368. The molecule has 0 radical (unpaired) electrons. The molecule has 1 heterocycles. The number of pyridine rings is 1. The van der Waals surface area contributed by atoms with Crippen molar-refractivity contribution in [2.24, 2.45) is 5.92 Å². The van der Waals surface area contributed by atoms with E-state index in [2.05, 4.69) is 4.98 Å². The van der Waals surface area contributed by atoms with Gasteiger partial charge >= 0.3 is 5.97 Å². The van der Waals surface area contributed by atoms with Gasteiger partial charge in [0.2, 0.25) is 5.88 Å². The third kappa shape index (κ3) is 2.88. The predicted molar refractivity (Wildman–Crippen MR) is 90.8 cm³/mol. The number of esters is 1. The molecule has 25 heavy (non-hydrogen) atoms. The minimum Gasteiger partial charge on any atom is -0.478 e. The second kappa shape index (κ2) is 6.63. The molecule has 0 saturated carbocycles. The Morgan fingerprint density at radius 2 is 2.00 bits per heavy atom. The van der Waals surface area contributed by atoms with Crippen LogP contribution in [0.5, 0.6) is 5.88 Å². The van der Waals surface area contributed by atoms with Gasteiger partial charge in [0.15, 0.2) is 5.78 Å². The number of hydrogen-bond donors (Lipinski definition) is 0. The summed E-state index contributed by atoms with van der Waals surface area (Å²) < 4.78 is 10.2. The lowest BCUT2D eigenvalue weighted by atomic mass is 9.97. The number of benzene rings is 1. The maximum atomic E-state index is 12.9. The SMILES string of the molecule is CCOC(=O)C(=O)C1Cc2c(C)cc3cnc(OCC)cc3c2C1=O. The quantitative estimate of drug-likeness (QED) is 0.472. The topological polar surface area (TPSA) is 82.6 Å². The summed E-state index contributed by atoms with van der Waals surface area (Å²) in [6.45, 7) is 5.93. The number of carbonyl (C=O) groups is 3. The summed E-state index contributed by atoms with van der Waals surface area (Å²) in [5.74, 6) is -2.66. The van der Waals surface area contributed by atoms with E-state index in [4.69, 9.17) is 9.47 Å². The Morgan fingerprint density at radius 1 is 1.24 bits per heavy atom. The average molecular weight is 341 g/mol. The molecule has 3 rings (SSSR count). The highest BCUT2D eigenvalue weighted by Crippen LogP contribution is 2.36. The van der Waals surface area contributed by atoms with E-state index in [0.717, 1.165) is 16.5 Å². The Morgan fingerprint density at radius 3 is 2.68 bits per heavy atom. The molecule has 0 aliphatic heterocycles. The number of rotatable bonds is 5. The molecular weight excluding hydrogens is 322 g/mol. The third-order valence-corrected chi connectivity index (χ3v) is 4.39. The summed E-state index contributed by atoms with van der Waals surface area (Å²) in [4.78, 5) is 41.2. The first-order valence-corrected chi connectivity index (χ1v) is 8.28. The minimum atomic E-state index is -1.01. The first-order chi connectivity index (χ1) is 12.0. The van der Waals surface area contributed by atoms with Crippen LogP contribution >= 0.6 is 0 Å². The summed E-state index contributed by atoms with van der Waals surface area (Å²) in [6, 6.07) is 3.65. The van der Waals surface area contributed by atoms with Gasteiger partial charge in [-0.1, -0.05) is 0 Å². The van der Waals surface area contributed by atoms with Crippen molar-refractivity contribution < 1.29 is 23.9 Å². The van der Waals surface area contributed by atoms with Crippen molar-refractivity contribution >= 4 is 28.3 Å². The molecule has 0 fully saturated rings. The van der Waals surface area contributed by atoms with Gasteiger partial charge in [0.05, 0.1) is 19.1 Å². The molecular formula is C19H19NO5. The third-order valence-electron chi connectivity index (χ3n) is 4.39. The van der Waals surface area contributed by atoms with Crippen molar-refractivity contribution in [1.82, 2.24) is 4.98 Å². The lowest BCUT2D eigenvalue weighted by Gasteiger charge is -2.09. The summed E-state index contributed by atoms with van der Waals surface area (Å²) >= 11 is 0. The molecule has 0 amide bonds. The van der Waals surface area contributed by atoms with Gasteiger partial charge < -0.3 is 9.47 Å². The number of hydrogen-bond acceptors (Lipinski definition) is 6. The normalized spacial score (nSPS) is 16.0. The number of aryl methyl sites for hydroxylation is 1. The molecule has 0 bridgehead atoms. The Hall–Kier alpha value is -2.76. The number of nitrogens with zero attached hydrogens (tertiary/aromatic N) is 1. The second-order valence-corrected chi connectivity index (χ2v) is 5.93. The first-order valence-electron chi connectivity index (χ1n) is 8.28. The maximum absolute atomic E-state index is 12.9. The lowest BCUT2D eigenvalue weighted by molar-refractivity contribution is -0.154. The van der Waals surface area contributed by atoms with Crippen LogP contribution in [0.25, 0.3) is 10.8 Å². The Bertz CT molecular complexity index is 887. The molecule has 1 aromatic heterocycles. The van der Waals surface area contributed by atoms with E-state index in [9.17, 15) is 14.4 Å². The molecule has 1 aromatic carbocycles. The molecule has 6 heteroatoms. The highest BCUT2D eigenvalue weighted by Gasteiger charge is 2.41. The fourth-order valence-electron chi connectivity index (χ4n) is 3.26. The lowest BCUT2D eigenvalue weighted by Crippen LogP contribution is -2.29. The van der Waals surface area contributed by atoms with Crippen molar-refractivity contribution in [2.75, 3.05) is 13.2 Å². The molecule has 1 aliphatic carbocycles. The van der Waals surface area contributed by atoms with Crippen LogP contribution in [0.3, 0.4) is 0 Å². The molecule has 2 aromatic rings. The van der Waals surface area contributed by atoms with Crippen molar-refractivity contribution in [3.05, 3.63) is 35.0 Å². The molecule has 0 spiro atoms. The predicted octanol–water partition coefficient (Wildman–Crippen LogP) is 2.43. The molecule has 0 N–H and O–H groups in total.